The molecule has 1 aromatic rings. The summed E-state index contributed by atoms with van der Waals surface area (Å²) in [4.78, 5) is 21.7. The van der Waals surface area contributed by atoms with Crippen molar-refractivity contribution < 1.29 is 14.5 Å². The normalized spacial score (nSPS) is 10.9. The van der Waals surface area contributed by atoms with Gasteiger partial charge in [0, 0.05) is 18.2 Å². The number of hydrogen-bond acceptors (Lipinski definition) is 4. The van der Waals surface area contributed by atoms with Gasteiger partial charge in [-0.2, -0.15) is 0 Å². The molecule has 6 nitrogen and oxygen atoms in total. The predicted octanol–water partition coefficient (Wildman–Crippen LogP) is 2.93. The molecule has 1 amide bonds. The van der Waals surface area contributed by atoms with Gasteiger partial charge in [-0.15, -0.1) is 0 Å². The Balaban J connectivity index is 2.62. The van der Waals surface area contributed by atoms with Gasteiger partial charge in [-0.3, -0.25) is 10.1 Å². The molecule has 0 saturated heterocycles. The molecule has 0 aliphatic rings. The molecule has 1 N–H and O–H groups in total. The van der Waals surface area contributed by atoms with Gasteiger partial charge in [0.05, 0.1) is 4.92 Å². The van der Waals surface area contributed by atoms with Crippen LogP contribution >= 0.6 is 0 Å². The van der Waals surface area contributed by atoms with Crippen LogP contribution in [0, 0.1) is 17.0 Å². The van der Waals surface area contributed by atoms with Gasteiger partial charge >= 0.3 is 6.09 Å². The Hall–Kier alpha value is -2.11. The first-order valence-electron chi connectivity index (χ1n) is 5.90. The first-order chi connectivity index (χ1) is 8.69. The van der Waals surface area contributed by atoms with Crippen molar-refractivity contribution in [3.8, 4) is 0 Å². The summed E-state index contributed by atoms with van der Waals surface area (Å²) in [5, 5.41) is 13.3. The highest BCUT2D eigenvalue weighted by atomic mass is 16.6. The first-order valence-corrected chi connectivity index (χ1v) is 5.90. The van der Waals surface area contributed by atoms with Crippen LogP contribution in [0.2, 0.25) is 0 Å². The third-order valence-corrected chi connectivity index (χ3v) is 2.29. The number of alkyl carbamates (subject to hydrolysis) is 1. The number of carbonyl (C=O) groups excluding carboxylic acids is 1. The average Bonchev–Trinajstić information content (AvgIpc) is 2.23. The Kier molecular flexibility index (Phi) is 4.47. The van der Waals surface area contributed by atoms with Gasteiger partial charge < -0.3 is 10.1 Å². The van der Waals surface area contributed by atoms with E-state index in [-0.39, 0.29) is 12.2 Å². The third-order valence-electron chi connectivity index (χ3n) is 2.29. The summed E-state index contributed by atoms with van der Waals surface area (Å²) < 4.78 is 5.09. The van der Waals surface area contributed by atoms with E-state index in [0.717, 1.165) is 5.56 Å². The monoisotopic (exact) mass is 266 g/mol. The van der Waals surface area contributed by atoms with Gasteiger partial charge in [0.1, 0.15) is 5.60 Å². The minimum atomic E-state index is -0.546. The van der Waals surface area contributed by atoms with Crippen LogP contribution in [0.1, 0.15) is 31.9 Å². The number of rotatable bonds is 3. The van der Waals surface area contributed by atoms with Crippen LogP contribution in [0.25, 0.3) is 0 Å². The second-order valence-electron chi connectivity index (χ2n) is 5.23. The second kappa shape index (κ2) is 5.69. The number of hydrogen-bond donors (Lipinski definition) is 1. The van der Waals surface area contributed by atoms with Crippen LogP contribution < -0.4 is 5.32 Å². The molecule has 1 aromatic carbocycles. The highest BCUT2D eigenvalue weighted by molar-refractivity contribution is 5.67. The fourth-order valence-electron chi connectivity index (χ4n) is 1.52. The summed E-state index contributed by atoms with van der Waals surface area (Å²) in [5.74, 6) is 0. The number of carbonyl (C=O) groups is 1. The molecule has 104 valence electrons. The van der Waals surface area contributed by atoms with Gasteiger partial charge in [-0.25, -0.2) is 4.79 Å². The van der Waals surface area contributed by atoms with E-state index in [4.69, 9.17) is 4.74 Å². The molecule has 0 bridgehead atoms. The molecule has 0 atom stereocenters. The van der Waals surface area contributed by atoms with Crippen molar-refractivity contribution in [3.63, 3.8) is 0 Å². The number of aryl methyl sites for hydroxylation is 1. The number of amides is 1. The second-order valence-corrected chi connectivity index (χ2v) is 5.23. The Morgan fingerprint density at radius 1 is 1.42 bits per heavy atom. The van der Waals surface area contributed by atoms with Crippen LogP contribution in [0.3, 0.4) is 0 Å². The SMILES string of the molecule is Cc1cc(CNC(=O)OC(C)(C)C)ccc1[N+](=O)[O-]. The van der Waals surface area contributed by atoms with E-state index < -0.39 is 16.6 Å². The lowest BCUT2D eigenvalue weighted by Crippen LogP contribution is -2.32. The van der Waals surface area contributed by atoms with E-state index in [2.05, 4.69) is 5.32 Å². The maximum atomic E-state index is 11.5. The van der Waals surface area contributed by atoms with Gasteiger partial charge in [-0.1, -0.05) is 6.07 Å². The summed E-state index contributed by atoms with van der Waals surface area (Å²) in [6, 6.07) is 4.72. The van der Waals surface area contributed by atoms with Gasteiger partial charge in [-0.05, 0) is 39.3 Å². The topological polar surface area (TPSA) is 81.5 Å². The molecule has 0 aromatic heterocycles. The summed E-state index contributed by atoms with van der Waals surface area (Å²) >= 11 is 0. The Morgan fingerprint density at radius 2 is 2.05 bits per heavy atom. The molecule has 0 fully saturated rings. The lowest BCUT2D eigenvalue weighted by Gasteiger charge is -2.19. The lowest BCUT2D eigenvalue weighted by atomic mass is 10.1. The van der Waals surface area contributed by atoms with Crippen molar-refractivity contribution in [2.45, 2.75) is 39.8 Å². The first kappa shape index (κ1) is 14.9. The molecular formula is C13H18N2O4. The fourth-order valence-corrected chi connectivity index (χ4v) is 1.52. The fraction of sp³-hybridized carbons (Fsp3) is 0.462. The van der Waals surface area contributed by atoms with Crippen molar-refractivity contribution in [2.75, 3.05) is 0 Å². The molecule has 0 unspecified atom stereocenters. The van der Waals surface area contributed by atoms with Gasteiger partial charge in [0.15, 0.2) is 0 Å². The summed E-state index contributed by atoms with van der Waals surface area (Å²) in [5.41, 5.74) is 0.874. The molecule has 0 aliphatic heterocycles. The molecule has 0 heterocycles. The van der Waals surface area contributed by atoms with E-state index in [1.54, 1.807) is 39.8 Å². The van der Waals surface area contributed by atoms with E-state index in [9.17, 15) is 14.9 Å². The van der Waals surface area contributed by atoms with E-state index in [1.807, 2.05) is 0 Å². The van der Waals surface area contributed by atoms with Crippen LogP contribution in [0.4, 0.5) is 10.5 Å². The highest BCUT2D eigenvalue weighted by Crippen LogP contribution is 2.18. The zero-order valence-corrected chi connectivity index (χ0v) is 11.5. The van der Waals surface area contributed by atoms with E-state index in [0.29, 0.717) is 5.56 Å². The van der Waals surface area contributed by atoms with Crippen molar-refractivity contribution >= 4 is 11.8 Å². The minimum absolute atomic E-state index is 0.0704. The summed E-state index contributed by atoms with van der Waals surface area (Å²) in [7, 11) is 0. The lowest BCUT2D eigenvalue weighted by molar-refractivity contribution is -0.385. The Bertz CT molecular complexity index is 492. The molecule has 0 radical (unpaired) electrons. The molecule has 0 saturated carbocycles. The number of nitro benzene ring substituents is 1. The van der Waals surface area contributed by atoms with E-state index >= 15 is 0 Å². The van der Waals surface area contributed by atoms with E-state index in [1.165, 1.54) is 6.07 Å². The number of ether oxygens (including phenoxy) is 1. The van der Waals surface area contributed by atoms with Crippen molar-refractivity contribution in [1.29, 1.82) is 0 Å². The number of nitrogens with one attached hydrogen (secondary N) is 1. The third kappa shape index (κ3) is 4.95. The van der Waals surface area contributed by atoms with Crippen LogP contribution in [-0.2, 0) is 11.3 Å². The Labute approximate surface area is 111 Å². The smallest absolute Gasteiger partial charge is 0.407 e. The summed E-state index contributed by atoms with van der Waals surface area (Å²) in [6.45, 7) is 7.27. The van der Waals surface area contributed by atoms with Crippen molar-refractivity contribution in [2.24, 2.45) is 0 Å². The van der Waals surface area contributed by atoms with Crippen LogP contribution in [0.15, 0.2) is 18.2 Å². The largest absolute Gasteiger partial charge is 0.444 e. The number of benzene rings is 1. The molecule has 6 heteroatoms. The maximum absolute atomic E-state index is 11.5. The number of nitrogens with zero attached hydrogens (tertiary/aromatic N) is 1. The molecule has 0 aliphatic carbocycles. The zero-order chi connectivity index (χ0) is 14.6. The molecule has 0 spiro atoms. The maximum Gasteiger partial charge on any atom is 0.407 e. The molecule has 19 heavy (non-hydrogen) atoms. The van der Waals surface area contributed by atoms with Gasteiger partial charge in [0.25, 0.3) is 5.69 Å². The highest BCUT2D eigenvalue weighted by Gasteiger charge is 2.16. The standard InChI is InChI=1S/C13H18N2O4/c1-9-7-10(5-6-11(9)15(17)18)8-14-12(16)19-13(2,3)4/h5-7H,8H2,1-4H3,(H,14,16). The van der Waals surface area contributed by atoms with Crippen molar-refractivity contribution in [1.82, 2.24) is 5.32 Å². The Morgan fingerprint density at radius 3 is 2.53 bits per heavy atom. The quantitative estimate of drug-likeness (QED) is 0.673. The van der Waals surface area contributed by atoms with Crippen LogP contribution in [0.5, 0.6) is 0 Å². The zero-order valence-electron chi connectivity index (χ0n) is 11.5. The van der Waals surface area contributed by atoms with Crippen molar-refractivity contribution in [3.05, 3.63) is 39.4 Å². The van der Waals surface area contributed by atoms with Crippen LogP contribution in [-0.4, -0.2) is 16.6 Å². The van der Waals surface area contributed by atoms with Gasteiger partial charge in [0.2, 0.25) is 0 Å². The molecular weight excluding hydrogens is 248 g/mol. The predicted molar refractivity (Wildman–Crippen MR) is 70.9 cm³/mol. The molecule has 1 rings (SSSR count). The summed E-state index contributed by atoms with van der Waals surface area (Å²) in [6.07, 6.45) is -0.511. The minimum Gasteiger partial charge on any atom is -0.444 e. The number of nitro groups is 1. The average molecular weight is 266 g/mol.